The predicted octanol–water partition coefficient (Wildman–Crippen LogP) is 1.31. The molecule has 1 saturated heterocycles. The molecule has 7 nitrogen and oxygen atoms in total. The van der Waals surface area contributed by atoms with Gasteiger partial charge in [0, 0.05) is 25.3 Å². The van der Waals surface area contributed by atoms with Crippen molar-refractivity contribution in [3.63, 3.8) is 0 Å². The fraction of sp³-hybridized carbons (Fsp3) is 0.526. The minimum Gasteiger partial charge on any atom is -0.354 e. The van der Waals surface area contributed by atoms with Crippen molar-refractivity contribution in [1.82, 2.24) is 20.9 Å². The lowest BCUT2D eigenvalue weighted by molar-refractivity contribution is -0.122. The first-order chi connectivity index (χ1) is 12.1. The van der Waals surface area contributed by atoms with Crippen molar-refractivity contribution < 1.29 is 9.59 Å². The highest BCUT2D eigenvalue weighted by Crippen LogP contribution is 2.15. The van der Waals surface area contributed by atoms with Crippen LogP contribution in [0.3, 0.4) is 0 Å². The SMILES string of the molecule is C=C(N=C(C)N(C)CC(=O)NC(C)C)/C(C)=C(/C=C\C)NC(=O)C1CN1. The quantitative estimate of drug-likeness (QED) is 0.263. The summed E-state index contributed by atoms with van der Waals surface area (Å²) >= 11 is 0. The van der Waals surface area contributed by atoms with Gasteiger partial charge in [0.05, 0.1) is 18.3 Å². The van der Waals surface area contributed by atoms with Crippen LogP contribution in [0.1, 0.15) is 34.6 Å². The van der Waals surface area contributed by atoms with Crippen molar-refractivity contribution in [2.45, 2.75) is 46.7 Å². The molecule has 0 saturated carbocycles. The molecule has 0 bridgehead atoms. The molecule has 7 heteroatoms. The van der Waals surface area contributed by atoms with Gasteiger partial charge in [0.2, 0.25) is 11.8 Å². The van der Waals surface area contributed by atoms with Crippen LogP contribution in [0.2, 0.25) is 0 Å². The van der Waals surface area contributed by atoms with E-state index >= 15 is 0 Å². The summed E-state index contributed by atoms with van der Waals surface area (Å²) in [5, 5.41) is 8.72. The van der Waals surface area contributed by atoms with Crippen LogP contribution in [0.5, 0.6) is 0 Å². The molecule has 0 spiro atoms. The Bertz CT molecular complexity index is 642. The third-order valence-electron chi connectivity index (χ3n) is 3.83. The Morgan fingerprint density at radius 2 is 2.00 bits per heavy atom. The van der Waals surface area contributed by atoms with Crippen molar-refractivity contribution in [3.8, 4) is 0 Å². The average molecular weight is 361 g/mol. The van der Waals surface area contributed by atoms with E-state index < -0.39 is 0 Å². The Hall–Kier alpha value is -2.41. The number of carbonyl (C=O) groups is 2. The Kier molecular flexibility index (Phi) is 8.25. The number of rotatable bonds is 8. The number of nitrogens with one attached hydrogen (secondary N) is 3. The van der Waals surface area contributed by atoms with Gasteiger partial charge in [-0.1, -0.05) is 12.7 Å². The molecule has 2 amide bonds. The van der Waals surface area contributed by atoms with Gasteiger partial charge < -0.3 is 20.9 Å². The van der Waals surface area contributed by atoms with E-state index in [0.717, 1.165) is 5.57 Å². The Labute approximate surface area is 156 Å². The van der Waals surface area contributed by atoms with Crippen molar-refractivity contribution in [2.75, 3.05) is 20.1 Å². The molecular formula is C19H31N5O2. The molecular weight excluding hydrogens is 330 g/mol. The summed E-state index contributed by atoms with van der Waals surface area (Å²) in [7, 11) is 1.80. The second-order valence-corrected chi connectivity index (χ2v) is 6.67. The number of amides is 2. The van der Waals surface area contributed by atoms with E-state index in [1.54, 1.807) is 11.9 Å². The fourth-order valence-electron chi connectivity index (χ4n) is 2.11. The van der Waals surface area contributed by atoms with Crippen molar-refractivity contribution in [3.05, 3.63) is 35.7 Å². The van der Waals surface area contributed by atoms with Crippen molar-refractivity contribution >= 4 is 17.6 Å². The van der Waals surface area contributed by atoms with Gasteiger partial charge in [-0.25, -0.2) is 4.99 Å². The van der Waals surface area contributed by atoms with Gasteiger partial charge in [-0.3, -0.25) is 9.59 Å². The van der Waals surface area contributed by atoms with Crippen LogP contribution in [0.25, 0.3) is 0 Å². The molecule has 144 valence electrons. The van der Waals surface area contributed by atoms with Crippen LogP contribution in [-0.4, -0.2) is 54.8 Å². The second-order valence-electron chi connectivity index (χ2n) is 6.67. The molecule has 1 unspecified atom stereocenters. The molecule has 1 atom stereocenters. The maximum Gasteiger partial charge on any atom is 0.242 e. The summed E-state index contributed by atoms with van der Waals surface area (Å²) in [4.78, 5) is 30.1. The highest BCUT2D eigenvalue weighted by Gasteiger charge is 2.29. The zero-order valence-corrected chi connectivity index (χ0v) is 16.6. The minimum absolute atomic E-state index is 0.0614. The third-order valence-corrected chi connectivity index (χ3v) is 3.83. The number of aliphatic imine (C=N–C) groups is 1. The average Bonchev–Trinajstić information content (AvgIpc) is 3.37. The molecule has 0 aromatic heterocycles. The smallest absolute Gasteiger partial charge is 0.242 e. The van der Waals surface area contributed by atoms with Crippen LogP contribution < -0.4 is 16.0 Å². The van der Waals surface area contributed by atoms with E-state index in [2.05, 4.69) is 27.5 Å². The number of allylic oxidation sites excluding steroid dienone is 3. The van der Waals surface area contributed by atoms with E-state index in [0.29, 0.717) is 23.8 Å². The number of carbonyl (C=O) groups excluding carboxylic acids is 2. The Morgan fingerprint density at radius 1 is 1.38 bits per heavy atom. The molecule has 0 aromatic rings. The monoisotopic (exact) mass is 361 g/mol. The number of nitrogens with zero attached hydrogens (tertiary/aromatic N) is 2. The second kappa shape index (κ2) is 9.91. The normalized spacial score (nSPS) is 17.8. The fourth-order valence-corrected chi connectivity index (χ4v) is 2.11. The van der Waals surface area contributed by atoms with E-state index in [4.69, 9.17) is 0 Å². The molecule has 3 N–H and O–H groups in total. The van der Waals surface area contributed by atoms with Gasteiger partial charge in [0.25, 0.3) is 0 Å². The van der Waals surface area contributed by atoms with E-state index in [9.17, 15) is 9.59 Å². The standard InChI is InChI=1S/C19H31N5O2/c1-8-9-16(23-19(26)17-10-20-17)13(4)14(5)22-15(6)24(7)11-18(25)21-12(2)3/h8-9,12,17,20H,5,10-11H2,1-4,6-7H3,(H,21,25)(H,23,26)/b9-8-,16-13-,22-15?. The lowest BCUT2D eigenvalue weighted by Crippen LogP contribution is -2.40. The highest BCUT2D eigenvalue weighted by molar-refractivity contribution is 5.88. The summed E-state index contributed by atoms with van der Waals surface area (Å²) in [5.41, 5.74) is 1.99. The lowest BCUT2D eigenvalue weighted by Gasteiger charge is -2.20. The van der Waals surface area contributed by atoms with Crippen LogP contribution in [-0.2, 0) is 9.59 Å². The molecule has 1 aliphatic rings. The third kappa shape index (κ3) is 7.23. The zero-order valence-electron chi connectivity index (χ0n) is 16.6. The molecule has 0 aromatic carbocycles. The van der Waals surface area contributed by atoms with Crippen LogP contribution >= 0.6 is 0 Å². The van der Waals surface area contributed by atoms with Crippen molar-refractivity contribution in [2.24, 2.45) is 4.99 Å². The number of likely N-dealkylation sites (N-methyl/N-ethyl adjacent to an activating group) is 1. The van der Waals surface area contributed by atoms with Gasteiger partial charge in [-0.15, -0.1) is 0 Å². The molecule has 1 aliphatic heterocycles. The summed E-state index contributed by atoms with van der Waals surface area (Å²) in [5.74, 6) is 0.547. The van der Waals surface area contributed by atoms with Crippen LogP contribution in [0.15, 0.2) is 40.7 Å². The van der Waals surface area contributed by atoms with Gasteiger partial charge in [-0.05, 0) is 46.3 Å². The molecule has 1 heterocycles. The number of hydrogen-bond acceptors (Lipinski definition) is 4. The van der Waals surface area contributed by atoms with Crippen molar-refractivity contribution in [1.29, 1.82) is 0 Å². The molecule has 1 rings (SSSR count). The lowest BCUT2D eigenvalue weighted by atomic mass is 10.1. The zero-order chi connectivity index (χ0) is 19.9. The highest BCUT2D eigenvalue weighted by atomic mass is 16.2. The summed E-state index contributed by atoms with van der Waals surface area (Å²) < 4.78 is 0. The van der Waals surface area contributed by atoms with Gasteiger partial charge in [0.1, 0.15) is 5.84 Å². The maximum atomic E-state index is 12.0. The van der Waals surface area contributed by atoms with E-state index in [-0.39, 0.29) is 30.4 Å². The molecule has 26 heavy (non-hydrogen) atoms. The Balaban J connectivity index is 2.83. The molecule has 0 aliphatic carbocycles. The topological polar surface area (TPSA) is 95.7 Å². The number of hydrogen-bond donors (Lipinski definition) is 3. The first kappa shape index (κ1) is 21.6. The summed E-state index contributed by atoms with van der Waals surface area (Å²) in [6.07, 6.45) is 3.68. The summed E-state index contributed by atoms with van der Waals surface area (Å²) in [6, 6.07) is -0.0200. The van der Waals surface area contributed by atoms with E-state index in [1.807, 2.05) is 46.8 Å². The predicted molar refractivity (Wildman–Crippen MR) is 106 cm³/mol. The van der Waals surface area contributed by atoms with Crippen LogP contribution in [0, 0.1) is 0 Å². The first-order valence-corrected chi connectivity index (χ1v) is 8.78. The van der Waals surface area contributed by atoms with Crippen LogP contribution in [0.4, 0.5) is 0 Å². The maximum absolute atomic E-state index is 12.0. The Morgan fingerprint density at radius 3 is 2.50 bits per heavy atom. The molecule has 1 fully saturated rings. The first-order valence-electron chi connectivity index (χ1n) is 8.78. The summed E-state index contributed by atoms with van der Waals surface area (Å²) in [6.45, 7) is 14.3. The number of amidine groups is 1. The molecule has 0 radical (unpaired) electrons. The van der Waals surface area contributed by atoms with Gasteiger partial charge in [0.15, 0.2) is 0 Å². The minimum atomic E-state index is -0.118. The largest absolute Gasteiger partial charge is 0.354 e. The van der Waals surface area contributed by atoms with E-state index in [1.165, 1.54) is 0 Å². The van der Waals surface area contributed by atoms with Gasteiger partial charge in [-0.2, -0.15) is 0 Å². The van der Waals surface area contributed by atoms with Gasteiger partial charge >= 0.3 is 0 Å².